The third kappa shape index (κ3) is 2.69. The summed E-state index contributed by atoms with van der Waals surface area (Å²) in [6.45, 7) is 0.579. The van der Waals surface area contributed by atoms with E-state index in [4.69, 9.17) is 21.1 Å². The van der Waals surface area contributed by atoms with Gasteiger partial charge in [0, 0.05) is 28.2 Å². The molecule has 0 radical (unpaired) electrons. The first-order valence-electron chi connectivity index (χ1n) is 8.41. The summed E-state index contributed by atoms with van der Waals surface area (Å²) in [4.78, 5) is 17.6. The van der Waals surface area contributed by atoms with E-state index in [0.717, 1.165) is 34.3 Å². The number of hydrogen-bond acceptors (Lipinski definition) is 3. The fourth-order valence-electron chi connectivity index (χ4n) is 3.71. The number of hydrogen-bond donors (Lipinski definition) is 1. The summed E-state index contributed by atoms with van der Waals surface area (Å²) in [6, 6.07) is 13.3. The lowest BCUT2D eigenvalue weighted by Gasteiger charge is -2.35. The van der Waals surface area contributed by atoms with Crippen LogP contribution < -0.4 is 4.74 Å². The van der Waals surface area contributed by atoms with E-state index in [1.165, 1.54) is 12.7 Å². The van der Waals surface area contributed by atoms with Crippen LogP contribution in [0.2, 0.25) is 5.02 Å². The number of carbonyl (C=O) groups is 1. The summed E-state index contributed by atoms with van der Waals surface area (Å²) < 4.78 is 10.3. The highest BCUT2D eigenvalue weighted by Gasteiger charge is 2.35. The molecule has 1 N–H and O–H groups in total. The highest BCUT2D eigenvalue weighted by molar-refractivity contribution is 6.31. The van der Waals surface area contributed by atoms with Crippen molar-refractivity contribution in [3.05, 3.63) is 64.3 Å². The highest BCUT2D eigenvalue weighted by atomic mass is 35.5. The van der Waals surface area contributed by atoms with E-state index in [1.54, 1.807) is 12.0 Å². The van der Waals surface area contributed by atoms with E-state index in [2.05, 4.69) is 4.98 Å². The smallest absolute Gasteiger partial charge is 0.410 e. The molecule has 1 amide bonds. The monoisotopic (exact) mass is 370 g/mol. The van der Waals surface area contributed by atoms with E-state index in [9.17, 15) is 4.79 Å². The molecule has 2 heterocycles. The number of rotatable bonds is 2. The van der Waals surface area contributed by atoms with Crippen LogP contribution in [0.4, 0.5) is 4.79 Å². The van der Waals surface area contributed by atoms with Gasteiger partial charge in [-0.2, -0.15) is 0 Å². The van der Waals surface area contributed by atoms with Crippen LogP contribution in [0, 0.1) is 0 Å². The van der Waals surface area contributed by atoms with Crippen LogP contribution >= 0.6 is 11.6 Å². The van der Waals surface area contributed by atoms with Gasteiger partial charge in [0.25, 0.3) is 0 Å². The molecule has 0 saturated heterocycles. The van der Waals surface area contributed by atoms with Crippen LogP contribution in [0.5, 0.6) is 5.75 Å². The number of fused-ring (bicyclic) bond motifs is 3. The van der Waals surface area contributed by atoms with Crippen molar-refractivity contribution in [3.8, 4) is 5.75 Å². The number of benzene rings is 2. The molecule has 0 aliphatic carbocycles. The van der Waals surface area contributed by atoms with Crippen molar-refractivity contribution in [3.63, 3.8) is 0 Å². The first-order valence-corrected chi connectivity index (χ1v) is 8.78. The van der Waals surface area contributed by atoms with Crippen LogP contribution in [-0.2, 0) is 11.2 Å². The zero-order chi connectivity index (χ0) is 18.3. The molecular weight excluding hydrogens is 352 g/mol. The Labute approximate surface area is 156 Å². The lowest BCUT2D eigenvalue weighted by atomic mass is 9.92. The van der Waals surface area contributed by atoms with Gasteiger partial charge in [-0.05, 0) is 47.9 Å². The first kappa shape index (κ1) is 16.8. The normalized spacial score (nSPS) is 16.4. The molecule has 26 heavy (non-hydrogen) atoms. The minimum Gasteiger partial charge on any atom is -0.497 e. The Morgan fingerprint density at radius 1 is 1.19 bits per heavy atom. The Balaban J connectivity index is 1.88. The van der Waals surface area contributed by atoms with Crippen LogP contribution in [0.3, 0.4) is 0 Å². The van der Waals surface area contributed by atoms with Gasteiger partial charge in [-0.3, -0.25) is 4.90 Å². The van der Waals surface area contributed by atoms with E-state index in [0.29, 0.717) is 11.6 Å². The summed E-state index contributed by atoms with van der Waals surface area (Å²) >= 11 is 6.19. The number of methoxy groups -OCH3 is 2. The molecule has 1 aliphatic rings. The third-order valence-electron chi connectivity index (χ3n) is 4.93. The van der Waals surface area contributed by atoms with Gasteiger partial charge in [-0.15, -0.1) is 0 Å². The molecule has 3 aromatic rings. The topological polar surface area (TPSA) is 54.6 Å². The third-order valence-corrected chi connectivity index (χ3v) is 5.16. The van der Waals surface area contributed by atoms with Crippen molar-refractivity contribution in [2.24, 2.45) is 0 Å². The van der Waals surface area contributed by atoms with Gasteiger partial charge >= 0.3 is 6.09 Å². The molecular formula is C20H19ClN2O3. The van der Waals surface area contributed by atoms with E-state index in [1.807, 2.05) is 42.5 Å². The number of carbonyl (C=O) groups excluding carboxylic acids is 1. The summed E-state index contributed by atoms with van der Waals surface area (Å²) in [6.07, 6.45) is 0.408. The minimum absolute atomic E-state index is 0.247. The van der Waals surface area contributed by atoms with Gasteiger partial charge in [0.2, 0.25) is 0 Å². The van der Waals surface area contributed by atoms with Crippen molar-refractivity contribution in [2.75, 3.05) is 20.8 Å². The fraction of sp³-hybridized carbons (Fsp3) is 0.250. The molecule has 0 saturated carbocycles. The predicted molar refractivity (Wildman–Crippen MR) is 101 cm³/mol. The second-order valence-corrected chi connectivity index (χ2v) is 6.73. The van der Waals surface area contributed by atoms with Crippen molar-refractivity contribution >= 4 is 28.6 Å². The maximum atomic E-state index is 12.4. The van der Waals surface area contributed by atoms with Crippen LogP contribution in [0.15, 0.2) is 42.5 Å². The molecule has 0 fully saturated rings. The largest absolute Gasteiger partial charge is 0.497 e. The second-order valence-electron chi connectivity index (χ2n) is 6.30. The Kier molecular flexibility index (Phi) is 4.24. The molecule has 1 unspecified atom stereocenters. The first-order chi connectivity index (χ1) is 12.6. The number of aromatic nitrogens is 1. The van der Waals surface area contributed by atoms with Gasteiger partial charge in [-0.25, -0.2) is 4.79 Å². The predicted octanol–water partition coefficient (Wildman–Crippen LogP) is 4.54. The maximum absolute atomic E-state index is 12.4. The molecule has 4 rings (SSSR count). The fourth-order valence-corrected chi connectivity index (χ4v) is 3.88. The number of H-pyrrole nitrogens is 1. The Hall–Kier alpha value is -2.66. The van der Waals surface area contributed by atoms with E-state index >= 15 is 0 Å². The van der Waals surface area contributed by atoms with Crippen molar-refractivity contribution < 1.29 is 14.3 Å². The van der Waals surface area contributed by atoms with Crippen molar-refractivity contribution in [1.82, 2.24) is 9.88 Å². The number of ether oxygens (including phenoxy) is 2. The van der Waals surface area contributed by atoms with Crippen LogP contribution in [-0.4, -0.2) is 36.7 Å². The number of aromatic amines is 1. The van der Waals surface area contributed by atoms with E-state index < -0.39 is 0 Å². The molecule has 6 heteroatoms. The van der Waals surface area contributed by atoms with Gasteiger partial charge < -0.3 is 14.5 Å². The van der Waals surface area contributed by atoms with Crippen molar-refractivity contribution in [2.45, 2.75) is 12.5 Å². The average Bonchev–Trinajstić information content (AvgIpc) is 3.04. The maximum Gasteiger partial charge on any atom is 0.410 e. The molecule has 1 atom stereocenters. The molecule has 2 aromatic carbocycles. The minimum atomic E-state index is -0.340. The molecule has 5 nitrogen and oxygen atoms in total. The number of amides is 1. The van der Waals surface area contributed by atoms with Gasteiger partial charge in [0.15, 0.2) is 0 Å². The molecule has 0 spiro atoms. The average molecular weight is 371 g/mol. The van der Waals surface area contributed by atoms with Gasteiger partial charge in [-0.1, -0.05) is 23.7 Å². The molecule has 1 aromatic heterocycles. The zero-order valence-electron chi connectivity index (χ0n) is 14.6. The lowest BCUT2D eigenvalue weighted by molar-refractivity contribution is 0.108. The number of nitrogens with zero attached hydrogens (tertiary/aromatic N) is 1. The van der Waals surface area contributed by atoms with Crippen LogP contribution in [0.1, 0.15) is 22.9 Å². The van der Waals surface area contributed by atoms with Gasteiger partial charge in [0.1, 0.15) is 11.8 Å². The molecule has 0 bridgehead atoms. The molecule has 134 valence electrons. The standard InChI is InChI=1S/C20H19ClN2O3/c1-25-14-6-3-12(4-7-14)19-18-15(9-10-23(19)20(24)26-2)16-11-13(21)5-8-17(16)22-18/h3-8,11,19,22H,9-10H2,1-2H3. The summed E-state index contributed by atoms with van der Waals surface area (Å²) in [5.74, 6) is 0.776. The zero-order valence-corrected chi connectivity index (χ0v) is 15.3. The SMILES string of the molecule is COC(=O)N1CCc2c([nH]c3ccc(Cl)cc23)C1c1ccc(OC)cc1. The molecule has 1 aliphatic heterocycles. The number of nitrogens with one attached hydrogen (secondary N) is 1. The Morgan fingerprint density at radius 3 is 2.65 bits per heavy atom. The second kappa shape index (κ2) is 6.57. The van der Waals surface area contributed by atoms with Gasteiger partial charge in [0.05, 0.1) is 14.2 Å². The summed E-state index contributed by atoms with van der Waals surface area (Å²) in [7, 11) is 3.05. The highest BCUT2D eigenvalue weighted by Crippen LogP contribution is 2.39. The van der Waals surface area contributed by atoms with Crippen molar-refractivity contribution in [1.29, 1.82) is 0 Å². The van der Waals surface area contributed by atoms with Crippen LogP contribution in [0.25, 0.3) is 10.9 Å². The van der Waals surface area contributed by atoms with E-state index in [-0.39, 0.29) is 12.1 Å². The quantitative estimate of drug-likeness (QED) is 0.720. The lowest BCUT2D eigenvalue weighted by Crippen LogP contribution is -2.40. The Bertz CT molecular complexity index is 965. The number of halogens is 1. The Morgan fingerprint density at radius 2 is 1.96 bits per heavy atom. The summed E-state index contributed by atoms with van der Waals surface area (Å²) in [5.41, 5.74) is 4.21. The summed E-state index contributed by atoms with van der Waals surface area (Å²) in [5, 5.41) is 1.81.